The monoisotopic (exact) mass is 259 g/mol. The number of carbonyl (C=O) groups is 1. The molecule has 1 heterocycles. The molecule has 1 amide bonds. The van der Waals surface area contributed by atoms with E-state index in [1.807, 2.05) is 20.0 Å². The van der Waals surface area contributed by atoms with Crippen LogP contribution >= 0.6 is 0 Å². The van der Waals surface area contributed by atoms with Gasteiger partial charge in [0.1, 0.15) is 5.75 Å². The van der Waals surface area contributed by atoms with Crippen molar-refractivity contribution in [1.29, 1.82) is 0 Å². The Bertz CT molecular complexity index is 493. The molecule has 0 aliphatic carbocycles. The van der Waals surface area contributed by atoms with Crippen LogP contribution in [0.2, 0.25) is 0 Å². The maximum Gasteiger partial charge on any atom is 0.235 e. The molecule has 0 saturated carbocycles. The molecule has 1 N–H and O–H groups in total. The van der Waals surface area contributed by atoms with Crippen molar-refractivity contribution in [1.82, 2.24) is 15.1 Å². The lowest BCUT2D eigenvalue weighted by Crippen LogP contribution is -2.34. The number of hydrogen-bond donors (Lipinski definition) is 1. The Kier molecular flexibility index (Phi) is 4.28. The minimum atomic E-state index is -3.27. The molecule has 1 atom stereocenters. The van der Waals surface area contributed by atoms with Crippen LogP contribution in [0.15, 0.2) is 12.4 Å². The van der Waals surface area contributed by atoms with Gasteiger partial charge in [0.15, 0.2) is 9.84 Å². The van der Waals surface area contributed by atoms with Crippen LogP contribution in [0.1, 0.15) is 18.5 Å². The van der Waals surface area contributed by atoms with Crippen LogP contribution in [0.4, 0.5) is 0 Å². The summed E-state index contributed by atoms with van der Waals surface area (Å²) >= 11 is 0. The highest BCUT2D eigenvalue weighted by Gasteiger charge is 2.12. The van der Waals surface area contributed by atoms with Crippen molar-refractivity contribution in [3.63, 3.8) is 0 Å². The Morgan fingerprint density at radius 2 is 2.24 bits per heavy atom. The van der Waals surface area contributed by atoms with Gasteiger partial charge >= 0.3 is 0 Å². The average Bonchev–Trinajstić information content (AvgIpc) is 2.58. The maximum atomic E-state index is 11.3. The molecule has 1 unspecified atom stereocenters. The molecule has 0 aliphatic rings. The third-order valence-electron chi connectivity index (χ3n) is 2.17. The van der Waals surface area contributed by atoms with Gasteiger partial charge in [-0.1, -0.05) is 0 Å². The predicted octanol–water partition coefficient (Wildman–Crippen LogP) is -0.0867. The molecule has 17 heavy (non-hydrogen) atoms. The third-order valence-corrected chi connectivity index (χ3v) is 2.96. The minimum absolute atomic E-state index is 0.00721. The van der Waals surface area contributed by atoms with Gasteiger partial charge in [-0.2, -0.15) is 5.10 Å². The zero-order chi connectivity index (χ0) is 13.1. The van der Waals surface area contributed by atoms with E-state index >= 15 is 0 Å². The summed E-state index contributed by atoms with van der Waals surface area (Å²) in [5.41, 5.74) is 1.04. The number of sulfone groups is 1. The fourth-order valence-corrected chi connectivity index (χ4v) is 1.90. The SMILES string of the molecule is Cc1cnn(C(C)CNC(=O)CS(C)(=O)=O)c1. The van der Waals surface area contributed by atoms with Crippen LogP contribution in [0, 0.1) is 6.92 Å². The van der Waals surface area contributed by atoms with Crippen molar-refractivity contribution in [2.45, 2.75) is 19.9 Å². The second kappa shape index (κ2) is 5.31. The van der Waals surface area contributed by atoms with Crippen molar-refractivity contribution >= 4 is 15.7 Å². The highest BCUT2D eigenvalue weighted by molar-refractivity contribution is 7.91. The van der Waals surface area contributed by atoms with Crippen LogP contribution in [0.5, 0.6) is 0 Å². The fourth-order valence-electron chi connectivity index (χ4n) is 1.32. The van der Waals surface area contributed by atoms with Crippen molar-refractivity contribution in [3.8, 4) is 0 Å². The molecule has 0 saturated heterocycles. The van der Waals surface area contributed by atoms with E-state index in [1.54, 1.807) is 10.9 Å². The van der Waals surface area contributed by atoms with Crippen LogP contribution < -0.4 is 5.32 Å². The first-order chi connectivity index (χ1) is 7.78. The standard InChI is InChI=1S/C10H17N3O3S/c1-8-4-12-13(6-8)9(2)5-11-10(14)7-17(3,15)16/h4,6,9H,5,7H2,1-3H3,(H,11,14). The average molecular weight is 259 g/mol. The normalized spacial score (nSPS) is 13.4. The van der Waals surface area contributed by atoms with E-state index in [9.17, 15) is 13.2 Å². The topological polar surface area (TPSA) is 81.1 Å². The zero-order valence-corrected chi connectivity index (χ0v) is 11.0. The third kappa shape index (κ3) is 4.99. The number of carbonyl (C=O) groups excluding carboxylic acids is 1. The van der Waals surface area contributed by atoms with E-state index in [2.05, 4.69) is 10.4 Å². The summed E-state index contributed by atoms with van der Waals surface area (Å²) < 4.78 is 23.5. The van der Waals surface area contributed by atoms with Crippen LogP contribution in [0.25, 0.3) is 0 Å². The van der Waals surface area contributed by atoms with Crippen LogP contribution in [-0.2, 0) is 14.6 Å². The molecule has 0 fully saturated rings. The quantitative estimate of drug-likeness (QED) is 0.801. The van der Waals surface area contributed by atoms with E-state index in [0.717, 1.165) is 11.8 Å². The van der Waals surface area contributed by atoms with Crippen LogP contribution in [0.3, 0.4) is 0 Å². The summed E-state index contributed by atoms with van der Waals surface area (Å²) in [6.07, 6.45) is 4.63. The highest BCUT2D eigenvalue weighted by atomic mass is 32.2. The van der Waals surface area contributed by atoms with Gasteiger partial charge in [-0.3, -0.25) is 9.48 Å². The fraction of sp³-hybridized carbons (Fsp3) is 0.600. The Labute approximate surface area is 101 Å². The second-order valence-corrected chi connectivity index (χ2v) is 6.36. The summed E-state index contributed by atoms with van der Waals surface area (Å²) in [5.74, 6) is -0.957. The lowest BCUT2D eigenvalue weighted by atomic mass is 10.3. The first kappa shape index (κ1) is 13.7. The molecule has 0 bridgehead atoms. The summed E-state index contributed by atoms with van der Waals surface area (Å²) in [6.45, 7) is 4.18. The van der Waals surface area contributed by atoms with Crippen molar-refractivity contribution in [2.24, 2.45) is 0 Å². The number of amides is 1. The largest absolute Gasteiger partial charge is 0.353 e. The number of aryl methyl sites for hydroxylation is 1. The van der Waals surface area contributed by atoms with Crippen molar-refractivity contribution in [3.05, 3.63) is 18.0 Å². The number of hydrogen-bond acceptors (Lipinski definition) is 4. The Balaban J connectivity index is 2.43. The molecule has 6 nitrogen and oxygen atoms in total. The van der Waals surface area contributed by atoms with Crippen LogP contribution in [-0.4, -0.2) is 42.7 Å². The van der Waals surface area contributed by atoms with E-state index in [4.69, 9.17) is 0 Å². The van der Waals surface area contributed by atoms with Gasteiger partial charge < -0.3 is 5.32 Å². The lowest BCUT2D eigenvalue weighted by Gasteiger charge is -2.12. The van der Waals surface area contributed by atoms with Gasteiger partial charge in [0.25, 0.3) is 0 Å². The number of rotatable bonds is 5. The van der Waals surface area contributed by atoms with Gasteiger partial charge in [-0.15, -0.1) is 0 Å². The number of nitrogens with zero attached hydrogens (tertiary/aromatic N) is 2. The molecular formula is C10H17N3O3S. The van der Waals surface area contributed by atoms with Gasteiger partial charge in [0, 0.05) is 19.0 Å². The molecule has 7 heteroatoms. The number of nitrogens with one attached hydrogen (secondary N) is 1. The number of aromatic nitrogens is 2. The summed E-state index contributed by atoms with van der Waals surface area (Å²) in [5, 5.41) is 6.68. The van der Waals surface area contributed by atoms with E-state index < -0.39 is 21.5 Å². The molecule has 0 radical (unpaired) electrons. The van der Waals surface area contributed by atoms with Gasteiger partial charge in [-0.25, -0.2) is 8.42 Å². The predicted molar refractivity (Wildman–Crippen MR) is 64.4 cm³/mol. The second-order valence-electron chi connectivity index (χ2n) is 4.22. The lowest BCUT2D eigenvalue weighted by molar-refractivity contribution is -0.118. The molecule has 0 aliphatic heterocycles. The van der Waals surface area contributed by atoms with Gasteiger partial charge in [0.2, 0.25) is 5.91 Å². The zero-order valence-electron chi connectivity index (χ0n) is 10.2. The first-order valence-electron chi connectivity index (χ1n) is 5.23. The Morgan fingerprint density at radius 3 is 2.71 bits per heavy atom. The molecule has 0 spiro atoms. The maximum absolute atomic E-state index is 11.3. The van der Waals surface area contributed by atoms with Crippen molar-refractivity contribution < 1.29 is 13.2 Å². The van der Waals surface area contributed by atoms with E-state index in [1.165, 1.54) is 0 Å². The Hall–Kier alpha value is -1.37. The smallest absolute Gasteiger partial charge is 0.235 e. The summed E-state index contributed by atoms with van der Waals surface area (Å²) in [6, 6.07) is -0.00721. The summed E-state index contributed by atoms with van der Waals surface area (Å²) in [7, 11) is -3.27. The molecule has 96 valence electrons. The minimum Gasteiger partial charge on any atom is -0.353 e. The summed E-state index contributed by atoms with van der Waals surface area (Å²) in [4.78, 5) is 11.3. The molecule has 0 aromatic carbocycles. The van der Waals surface area contributed by atoms with E-state index in [-0.39, 0.29) is 6.04 Å². The van der Waals surface area contributed by atoms with E-state index in [0.29, 0.717) is 6.54 Å². The first-order valence-corrected chi connectivity index (χ1v) is 7.29. The highest BCUT2D eigenvalue weighted by Crippen LogP contribution is 2.04. The molecule has 1 aromatic heterocycles. The van der Waals surface area contributed by atoms with Crippen molar-refractivity contribution in [2.75, 3.05) is 18.6 Å². The Morgan fingerprint density at radius 1 is 1.59 bits per heavy atom. The molecule has 1 aromatic rings. The van der Waals surface area contributed by atoms with Gasteiger partial charge in [-0.05, 0) is 19.4 Å². The molecule has 1 rings (SSSR count). The van der Waals surface area contributed by atoms with Gasteiger partial charge in [0.05, 0.1) is 12.2 Å². The molecular weight excluding hydrogens is 242 g/mol.